The fourth-order valence-electron chi connectivity index (χ4n) is 2.46. The Morgan fingerprint density at radius 1 is 1.33 bits per heavy atom. The van der Waals surface area contributed by atoms with E-state index in [0.717, 1.165) is 18.0 Å². The zero-order valence-corrected chi connectivity index (χ0v) is 9.74. The number of benzene rings is 1. The van der Waals surface area contributed by atoms with Gasteiger partial charge in [0, 0.05) is 23.8 Å². The molecule has 0 aliphatic heterocycles. The minimum Gasteiger partial charge on any atom is -0.279 e. The molecule has 2 atom stereocenters. The van der Waals surface area contributed by atoms with Gasteiger partial charge in [0.1, 0.15) is 0 Å². The molecule has 2 aliphatic carbocycles. The van der Waals surface area contributed by atoms with Crippen molar-refractivity contribution in [3.63, 3.8) is 0 Å². The molecule has 0 aromatic heterocycles. The third-order valence-electron chi connectivity index (χ3n) is 3.55. The van der Waals surface area contributed by atoms with Gasteiger partial charge in [-0.2, -0.15) is 5.10 Å². The molecule has 0 unspecified atom stereocenters. The van der Waals surface area contributed by atoms with Crippen LogP contribution in [0.2, 0.25) is 0 Å². The number of rotatable bonds is 3. The van der Waals surface area contributed by atoms with Crippen molar-refractivity contribution >= 4 is 17.1 Å². The first-order valence-corrected chi connectivity index (χ1v) is 5.97. The van der Waals surface area contributed by atoms with Gasteiger partial charge < -0.3 is 0 Å². The van der Waals surface area contributed by atoms with Gasteiger partial charge in [0.2, 0.25) is 0 Å². The minimum absolute atomic E-state index is 0.0932. The van der Waals surface area contributed by atoms with E-state index in [4.69, 9.17) is 0 Å². The number of nitrogens with one attached hydrogen (secondary N) is 1. The van der Waals surface area contributed by atoms with Crippen LogP contribution >= 0.6 is 0 Å². The summed E-state index contributed by atoms with van der Waals surface area (Å²) in [6.45, 7) is 0. The molecule has 1 N–H and O–H groups in total. The average Bonchev–Trinajstić information content (AvgIpc) is 2.72. The molecule has 3 rings (SSSR count). The Balaban J connectivity index is 1.65. The second-order valence-corrected chi connectivity index (χ2v) is 4.67. The maximum Gasteiger partial charge on any atom is 0.269 e. The Bertz CT molecular complexity index is 534. The van der Waals surface area contributed by atoms with Gasteiger partial charge in [-0.05, 0) is 30.9 Å². The number of hydrogen-bond donors (Lipinski definition) is 1. The molecule has 18 heavy (non-hydrogen) atoms. The molecular weight excluding hydrogens is 230 g/mol. The summed E-state index contributed by atoms with van der Waals surface area (Å²) in [6, 6.07) is 6.29. The predicted octanol–water partition coefficient (Wildman–Crippen LogP) is 2.96. The van der Waals surface area contributed by atoms with Crippen molar-refractivity contribution in [3.05, 3.63) is 46.5 Å². The fourth-order valence-corrected chi connectivity index (χ4v) is 2.46. The number of allylic oxidation sites excluding steroid dienone is 2. The lowest BCUT2D eigenvalue weighted by Gasteiger charge is -2.31. The van der Waals surface area contributed by atoms with Crippen LogP contribution in [0.3, 0.4) is 0 Å². The summed E-state index contributed by atoms with van der Waals surface area (Å²) in [5, 5.41) is 14.9. The van der Waals surface area contributed by atoms with E-state index in [-0.39, 0.29) is 5.69 Å². The molecule has 0 spiro atoms. The van der Waals surface area contributed by atoms with Gasteiger partial charge in [0.25, 0.3) is 5.69 Å². The number of fused-ring (bicyclic) bond motifs is 1. The highest BCUT2D eigenvalue weighted by Gasteiger charge is 2.37. The van der Waals surface area contributed by atoms with Gasteiger partial charge in [0.15, 0.2) is 0 Å². The lowest BCUT2D eigenvalue weighted by Crippen LogP contribution is -2.33. The van der Waals surface area contributed by atoms with E-state index in [1.54, 1.807) is 12.1 Å². The first-order valence-electron chi connectivity index (χ1n) is 5.97. The summed E-state index contributed by atoms with van der Waals surface area (Å²) < 4.78 is 0. The van der Waals surface area contributed by atoms with Gasteiger partial charge in [-0.3, -0.25) is 15.5 Å². The zero-order valence-electron chi connectivity index (χ0n) is 9.74. The molecule has 1 saturated carbocycles. The lowest BCUT2D eigenvalue weighted by molar-refractivity contribution is -0.384. The standard InChI is InChI=1S/C13H13N3O2/c17-16(18)11-6-4-10(5-7-11)14-15-13-8-9-2-1-3-12(9)13/h1,3-7,9,12,14H,2,8H2/b15-13-/t9-,12+/m0/s1. The summed E-state index contributed by atoms with van der Waals surface area (Å²) in [5.41, 5.74) is 5.00. The van der Waals surface area contributed by atoms with Crippen LogP contribution in [-0.2, 0) is 0 Å². The highest BCUT2D eigenvalue weighted by Crippen LogP contribution is 2.40. The molecule has 5 nitrogen and oxygen atoms in total. The second kappa shape index (κ2) is 4.25. The van der Waals surface area contributed by atoms with Crippen molar-refractivity contribution in [1.82, 2.24) is 0 Å². The topological polar surface area (TPSA) is 67.5 Å². The molecule has 5 heteroatoms. The van der Waals surface area contributed by atoms with Crippen LogP contribution in [-0.4, -0.2) is 10.6 Å². The molecule has 0 amide bonds. The first kappa shape index (κ1) is 11.0. The van der Waals surface area contributed by atoms with Crippen LogP contribution in [0, 0.1) is 22.0 Å². The highest BCUT2D eigenvalue weighted by atomic mass is 16.6. The summed E-state index contributed by atoms with van der Waals surface area (Å²) in [7, 11) is 0. The normalized spacial score (nSPS) is 26.8. The van der Waals surface area contributed by atoms with Gasteiger partial charge in [0.05, 0.1) is 10.6 Å². The Morgan fingerprint density at radius 3 is 2.78 bits per heavy atom. The molecule has 1 aromatic rings. The molecule has 2 aliphatic rings. The molecular formula is C13H13N3O2. The smallest absolute Gasteiger partial charge is 0.269 e. The SMILES string of the molecule is O=[N+]([O-])c1ccc(N/N=C2/C[C@@H]3CC=C[C@@H]23)cc1. The molecule has 0 bridgehead atoms. The van der Waals surface area contributed by atoms with Gasteiger partial charge >= 0.3 is 0 Å². The van der Waals surface area contributed by atoms with E-state index in [1.165, 1.54) is 24.3 Å². The van der Waals surface area contributed by atoms with E-state index in [9.17, 15) is 10.1 Å². The third kappa shape index (κ3) is 1.88. The van der Waals surface area contributed by atoms with Gasteiger partial charge in [-0.15, -0.1) is 0 Å². The molecule has 1 fully saturated rings. The Morgan fingerprint density at radius 2 is 2.11 bits per heavy atom. The van der Waals surface area contributed by atoms with Crippen LogP contribution in [0.4, 0.5) is 11.4 Å². The molecule has 1 aromatic carbocycles. The highest BCUT2D eigenvalue weighted by molar-refractivity contribution is 5.95. The van der Waals surface area contributed by atoms with Gasteiger partial charge in [-0.1, -0.05) is 12.2 Å². The molecule has 0 saturated heterocycles. The van der Waals surface area contributed by atoms with Crippen LogP contribution in [0.5, 0.6) is 0 Å². The third-order valence-corrected chi connectivity index (χ3v) is 3.55. The second-order valence-electron chi connectivity index (χ2n) is 4.67. The van der Waals surface area contributed by atoms with Crippen molar-refractivity contribution in [2.45, 2.75) is 12.8 Å². The van der Waals surface area contributed by atoms with Crippen molar-refractivity contribution in [1.29, 1.82) is 0 Å². The maximum atomic E-state index is 10.5. The van der Waals surface area contributed by atoms with Crippen LogP contribution in [0.25, 0.3) is 0 Å². The zero-order chi connectivity index (χ0) is 12.5. The summed E-state index contributed by atoms with van der Waals surface area (Å²) in [6.07, 6.45) is 6.65. The number of anilines is 1. The number of non-ortho nitro benzene ring substituents is 1. The first-order chi connectivity index (χ1) is 8.74. The van der Waals surface area contributed by atoms with E-state index in [2.05, 4.69) is 22.7 Å². The summed E-state index contributed by atoms with van der Waals surface area (Å²) in [4.78, 5) is 10.1. The van der Waals surface area contributed by atoms with Crippen molar-refractivity contribution in [2.24, 2.45) is 16.9 Å². The van der Waals surface area contributed by atoms with E-state index in [1.807, 2.05) is 0 Å². The Kier molecular flexibility index (Phi) is 2.59. The average molecular weight is 243 g/mol. The minimum atomic E-state index is -0.407. The largest absolute Gasteiger partial charge is 0.279 e. The van der Waals surface area contributed by atoms with Crippen molar-refractivity contribution < 1.29 is 4.92 Å². The summed E-state index contributed by atoms with van der Waals surface area (Å²) >= 11 is 0. The number of hydrazone groups is 1. The molecule has 0 radical (unpaired) electrons. The summed E-state index contributed by atoms with van der Waals surface area (Å²) in [5.74, 6) is 1.26. The monoisotopic (exact) mass is 243 g/mol. The van der Waals surface area contributed by atoms with Crippen molar-refractivity contribution in [2.75, 3.05) is 5.43 Å². The lowest BCUT2D eigenvalue weighted by atomic mass is 9.74. The molecule has 92 valence electrons. The fraction of sp³-hybridized carbons (Fsp3) is 0.308. The van der Waals surface area contributed by atoms with E-state index in [0.29, 0.717) is 5.92 Å². The number of nitrogens with zero attached hydrogens (tertiary/aromatic N) is 2. The Labute approximate surface area is 104 Å². The van der Waals surface area contributed by atoms with Crippen LogP contribution < -0.4 is 5.43 Å². The van der Waals surface area contributed by atoms with Gasteiger partial charge in [-0.25, -0.2) is 0 Å². The maximum absolute atomic E-state index is 10.5. The van der Waals surface area contributed by atoms with Crippen LogP contribution in [0.15, 0.2) is 41.5 Å². The quantitative estimate of drug-likeness (QED) is 0.504. The number of hydrogen-bond acceptors (Lipinski definition) is 4. The predicted molar refractivity (Wildman–Crippen MR) is 69.5 cm³/mol. The van der Waals surface area contributed by atoms with E-state index < -0.39 is 4.92 Å². The Hall–Kier alpha value is -2.17. The van der Waals surface area contributed by atoms with Crippen LogP contribution in [0.1, 0.15) is 12.8 Å². The van der Waals surface area contributed by atoms with Crippen molar-refractivity contribution in [3.8, 4) is 0 Å². The number of nitro benzene ring substituents is 1. The van der Waals surface area contributed by atoms with E-state index >= 15 is 0 Å². The number of nitro groups is 1. The molecule has 0 heterocycles.